The van der Waals surface area contributed by atoms with Crippen LogP contribution in [0.5, 0.6) is 0 Å². The maximum absolute atomic E-state index is 5.41. The van der Waals surface area contributed by atoms with E-state index in [0.717, 1.165) is 56.8 Å². The lowest BCUT2D eigenvalue weighted by Crippen LogP contribution is -2.40. The molecular formula is C16H27N5O2. The van der Waals surface area contributed by atoms with E-state index in [9.17, 15) is 0 Å². The van der Waals surface area contributed by atoms with Gasteiger partial charge in [-0.1, -0.05) is 6.07 Å². The summed E-state index contributed by atoms with van der Waals surface area (Å²) in [6, 6.07) is 4.06. The molecule has 1 saturated heterocycles. The molecule has 0 aliphatic carbocycles. The zero-order chi connectivity index (χ0) is 16.3. The first kappa shape index (κ1) is 17.5. The Kier molecular flexibility index (Phi) is 7.62. The van der Waals surface area contributed by atoms with Crippen LogP contribution in [0.2, 0.25) is 0 Å². The molecule has 0 radical (unpaired) electrons. The lowest BCUT2D eigenvalue weighted by Gasteiger charge is -2.29. The number of ether oxygens (including phenoxy) is 2. The Bertz CT molecular complexity index is 489. The molecule has 23 heavy (non-hydrogen) atoms. The van der Waals surface area contributed by atoms with E-state index in [4.69, 9.17) is 9.47 Å². The summed E-state index contributed by atoms with van der Waals surface area (Å²) in [6.07, 6.45) is 1.84. The largest absolute Gasteiger partial charge is 0.380 e. The van der Waals surface area contributed by atoms with E-state index in [-0.39, 0.29) is 0 Å². The van der Waals surface area contributed by atoms with Crippen LogP contribution in [0.1, 0.15) is 12.5 Å². The van der Waals surface area contributed by atoms with Crippen molar-refractivity contribution in [2.24, 2.45) is 4.99 Å². The highest BCUT2D eigenvalue weighted by Crippen LogP contribution is 2.18. The highest BCUT2D eigenvalue weighted by molar-refractivity contribution is 5.79. The van der Waals surface area contributed by atoms with Crippen LogP contribution in [-0.2, 0) is 16.0 Å². The van der Waals surface area contributed by atoms with Gasteiger partial charge >= 0.3 is 0 Å². The van der Waals surface area contributed by atoms with Gasteiger partial charge in [0.15, 0.2) is 5.96 Å². The summed E-state index contributed by atoms with van der Waals surface area (Å²) in [5.41, 5.74) is 1.15. The number of hydrogen-bond acceptors (Lipinski definition) is 5. The average molecular weight is 321 g/mol. The predicted molar refractivity (Wildman–Crippen MR) is 92.0 cm³/mol. The van der Waals surface area contributed by atoms with Crippen molar-refractivity contribution in [2.75, 3.05) is 58.0 Å². The number of aromatic nitrogens is 1. The topological polar surface area (TPSA) is 71.0 Å². The summed E-state index contributed by atoms with van der Waals surface area (Å²) in [4.78, 5) is 11.0. The smallest absolute Gasteiger partial charge is 0.191 e. The van der Waals surface area contributed by atoms with Crippen LogP contribution in [0, 0.1) is 0 Å². The maximum Gasteiger partial charge on any atom is 0.191 e. The zero-order valence-corrected chi connectivity index (χ0v) is 14.0. The van der Waals surface area contributed by atoms with E-state index in [1.54, 1.807) is 7.05 Å². The predicted octanol–water partition coefficient (Wildman–Crippen LogP) is 0.620. The third kappa shape index (κ3) is 5.69. The van der Waals surface area contributed by atoms with E-state index in [1.807, 2.05) is 19.2 Å². The Hall–Kier alpha value is -1.86. The van der Waals surface area contributed by atoms with Gasteiger partial charge in [-0.2, -0.15) is 0 Å². The summed E-state index contributed by atoms with van der Waals surface area (Å²) in [5.74, 6) is 1.79. The lowest BCUT2D eigenvalue weighted by atomic mass is 10.2. The van der Waals surface area contributed by atoms with Crippen LogP contribution in [0.3, 0.4) is 0 Å². The Morgan fingerprint density at radius 3 is 2.96 bits per heavy atom. The quantitative estimate of drug-likeness (QED) is 0.436. The van der Waals surface area contributed by atoms with Crippen LogP contribution < -0.4 is 15.5 Å². The van der Waals surface area contributed by atoms with Crippen molar-refractivity contribution >= 4 is 11.8 Å². The number of aliphatic imine (C=N–C) groups is 1. The van der Waals surface area contributed by atoms with E-state index in [2.05, 4.69) is 31.6 Å². The molecular weight excluding hydrogens is 294 g/mol. The van der Waals surface area contributed by atoms with Crippen molar-refractivity contribution in [1.29, 1.82) is 0 Å². The van der Waals surface area contributed by atoms with Crippen molar-refractivity contribution in [3.63, 3.8) is 0 Å². The van der Waals surface area contributed by atoms with Crippen molar-refractivity contribution in [3.8, 4) is 0 Å². The molecule has 0 saturated carbocycles. The highest BCUT2D eigenvalue weighted by Gasteiger charge is 2.15. The molecule has 2 rings (SSSR count). The first-order chi connectivity index (χ1) is 11.3. The van der Waals surface area contributed by atoms with Gasteiger partial charge in [0.2, 0.25) is 0 Å². The van der Waals surface area contributed by atoms with E-state index in [0.29, 0.717) is 13.2 Å². The standard InChI is InChI=1S/C16H27N5O2/c1-3-22-10-7-19-16(17-2)20-13-14-5-4-6-18-15(14)21-8-11-23-12-9-21/h4-6H,3,7-13H2,1-2H3,(H2,17,19,20). The molecule has 1 fully saturated rings. The summed E-state index contributed by atoms with van der Waals surface area (Å²) in [5, 5.41) is 6.56. The Morgan fingerprint density at radius 1 is 1.39 bits per heavy atom. The van der Waals surface area contributed by atoms with Gasteiger partial charge in [0.1, 0.15) is 5.82 Å². The van der Waals surface area contributed by atoms with Crippen LogP contribution in [0.15, 0.2) is 23.3 Å². The van der Waals surface area contributed by atoms with Crippen LogP contribution in [0.4, 0.5) is 5.82 Å². The molecule has 2 N–H and O–H groups in total. The monoisotopic (exact) mass is 321 g/mol. The normalized spacial score (nSPS) is 15.6. The number of nitrogens with zero attached hydrogens (tertiary/aromatic N) is 3. The number of rotatable bonds is 7. The van der Waals surface area contributed by atoms with Crippen molar-refractivity contribution < 1.29 is 9.47 Å². The van der Waals surface area contributed by atoms with Gasteiger partial charge < -0.3 is 25.0 Å². The molecule has 0 amide bonds. The number of hydrogen-bond donors (Lipinski definition) is 2. The molecule has 1 aromatic heterocycles. The second-order valence-corrected chi connectivity index (χ2v) is 5.14. The number of morpholine rings is 1. The highest BCUT2D eigenvalue weighted by atomic mass is 16.5. The van der Waals surface area contributed by atoms with Crippen molar-refractivity contribution in [2.45, 2.75) is 13.5 Å². The molecule has 0 aromatic carbocycles. The molecule has 1 aromatic rings. The van der Waals surface area contributed by atoms with E-state index >= 15 is 0 Å². The minimum atomic E-state index is 0.670. The summed E-state index contributed by atoms with van der Waals surface area (Å²) < 4.78 is 10.7. The van der Waals surface area contributed by atoms with Gasteiger partial charge in [-0.15, -0.1) is 0 Å². The van der Waals surface area contributed by atoms with E-state index in [1.165, 1.54) is 0 Å². The molecule has 2 heterocycles. The first-order valence-corrected chi connectivity index (χ1v) is 8.14. The average Bonchev–Trinajstić information content (AvgIpc) is 2.62. The van der Waals surface area contributed by atoms with Crippen LogP contribution in [-0.4, -0.2) is 64.1 Å². The molecule has 7 nitrogen and oxygen atoms in total. The van der Waals surface area contributed by atoms with Crippen molar-refractivity contribution in [1.82, 2.24) is 15.6 Å². The summed E-state index contributed by atoms with van der Waals surface area (Å²) in [6.45, 7) is 8.06. The van der Waals surface area contributed by atoms with E-state index < -0.39 is 0 Å². The number of pyridine rings is 1. The first-order valence-electron chi connectivity index (χ1n) is 8.14. The fourth-order valence-electron chi connectivity index (χ4n) is 2.41. The van der Waals surface area contributed by atoms with Gasteiger partial charge in [-0.3, -0.25) is 4.99 Å². The Labute approximate surface area is 138 Å². The van der Waals surface area contributed by atoms with Crippen LogP contribution >= 0.6 is 0 Å². The molecule has 0 atom stereocenters. The third-order valence-corrected chi connectivity index (χ3v) is 3.59. The second-order valence-electron chi connectivity index (χ2n) is 5.14. The van der Waals surface area contributed by atoms with Gasteiger partial charge in [0.05, 0.1) is 19.8 Å². The summed E-state index contributed by atoms with van der Waals surface area (Å²) in [7, 11) is 1.77. The maximum atomic E-state index is 5.41. The van der Waals surface area contributed by atoms with Gasteiger partial charge in [0, 0.05) is 51.6 Å². The Balaban J connectivity index is 1.89. The van der Waals surface area contributed by atoms with Gasteiger partial charge in [0.25, 0.3) is 0 Å². The molecule has 1 aliphatic heterocycles. The molecule has 0 spiro atoms. The third-order valence-electron chi connectivity index (χ3n) is 3.59. The van der Waals surface area contributed by atoms with Gasteiger partial charge in [-0.25, -0.2) is 4.98 Å². The summed E-state index contributed by atoms with van der Waals surface area (Å²) >= 11 is 0. The van der Waals surface area contributed by atoms with Crippen molar-refractivity contribution in [3.05, 3.63) is 23.9 Å². The second kappa shape index (κ2) is 10.0. The SMILES string of the molecule is CCOCCNC(=NC)NCc1cccnc1N1CCOCC1. The minimum absolute atomic E-state index is 0.670. The number of guanidine groups is 1. The zero-order valence-electron chi connectivity index (χ0n) is 14.0. The molecule has 128 valence electrons. The fraction of sp³-hybridized carbons (Fsp3) is 0.625. The fourth-order valence-corrected chi connectivity index (χ4v) is 2.41. The Morgan fingerprint density at radius 2 is 2.22 bits per heavy atom. The molecule has 0 bridgehead atoms. The lowest BCUT2D eigenvalue weighted by molar-refractivity contribution is 0.122. The number of nitrogens with one attached hydrogen (secondary N) is 2. The number of anilines is 1. The van der Waals surface area contributed by atoms with Gasteiger partial charge in [-0.05, 0) is 13.0 Å². The molecule has 7 heteroatoms. The van der Waals surface area contributed by atoms with Crippen LogP contribution in [0.25, 0.3) is 0 Å². The minimum Gasteiger partial charge on any atom is -0.380 e. The molecule has 0 unspecified atom stereocenters. The molecule has 1 aliphatic rings.